The average molecular weight is 303 g/mol. The lowest BCUT2D eigenvalue weighted by Crippen LogP contribution is -2.01. The fraction of sp³-hybridized carbons (Fsp3) is 0.188. The molecule has 2 rings (SSSR count). The quantitative estimate of drug-likeness (QED) is 0.880. The molecule has 0 saturated carbocycles. The molecule has 0 bridgehead atoms. The van der Waals surface area contributed by atoms with Crippen molar-refractivity contribution < 1.29 is 9.47 Å². The number of rotatable bonds is 6. The summed E-state index contributed by atoms with van der Waals surface area (Å²) in [4.78, 5) is 0. The third-order valence-corrected chi connectivity index (χ3v) is 3.16. The van der Waals surface area contributed by atoms with Crippen molar-refractivity contribution in [3.8, 4) is 17.6 Å². The van der Waals surface area contributed by atoms with Gasteiger partial charge in [0.1, 0.15) is 17.6 Å². The molecule has 2 aromatic carbocycles. The number of hydrogen-bond acceptors (Lipinski definition) is 4. The van der Waals surface area contributed by atoms with Crippen LogP contribution in [0, 0.1) is 11.3 Å². The highest BCUT2D eigenvalue weighted by atomic mass is 35.5. The second kappa shape index (κ2) is 7.41. The van der Waals surface area contributed by atoms with E-state index in [1.807, 2.05) is 42.5 Å². The van der Waals surface area contributed by atoms with Gasteiger partial charge in [0.05, 0.1) is 12.1 Å². The lowest BCUT2D eigenvalue weighted by Gasteiger charge is -2.10. The van der Waals surface area contributed by atoms with Crippen LogP contribution in [0.1, 0.15) is 5.56 Å². The molecule has 5 heteroatoms. The maximum absolute atomic E-state index is 8.51. The average Bonchev–Trinajstić information content (AvgIpc) is 2.52. The van der Waals surface area contributed by atoms with Gasteiger partial charge in [0.25, 0.3) is 0 Å². The zero-order valence-corrected chi connectivity index (χ0v) is 12.4. The molecule has 2 aromatic rings. The molecule has 0 amide bonds. The monoisotopic (exact) mass is 302 g/mol. The van der Waals surface area contributed by atoms with E-state index in [-0.39, 0.29) is 6.61 Å². The minimum atomic E-state index is 0.0469. The molecular formula is C16H15ClN2O2. The number of anilines is 1. The number of nitriles is 1. The zero-order chi connectivity index (χ0) is 15.1. The summed E-state index contributed by atoms with van der Waals surface area (Å²) in [6, 6.07) is 15.1. The Morgan fingerprint density at radius 2 is 2.10 bits per heavy atom. The predicted molar refractivity (Wildman–Crippen MR) is 82.9 cm³/mol. The summed E-state index contributed by atoms with van der Waals surface area (Å²) in [6.45, 7) is 0.680. The summed E-state index contributed by atoms with van der Waals surface area (Å²) in [5, 5.41) is 12.4. The highest BCUT2D eigenvalue weighted by Gasteiger charge is 2.02. The van der Waals surface area contributed by atoms with Gasteiger partial charge in [-0.05, 0) is 29.8 Å². The van der Waals surface area contributed by atoms with E-state index >= 15 is 0 Å². The van der Waals surface area contributed by atoms with Gasteiger partial charge in [-0.2, -0.15) is 5.26 Å². The number of ether oxygens (including phenoxy) is 2. The summed E-state index contributed by atoms with van der Waals surface area (Å²) < 4.78 is 10.5. The van der Waals surface area contributed by atoms with Crippen molar-refractivity contribution in [3.05, 3.63) is 53.1 Å². The molecule has 0 fully saturated rings. The fourth-order valence-electron chi connectivity index (χ4n) is 1.83. The Hall–Kier alpha value is -2.38. The first-order valence-electron chi connectivity index (χ1n) is 6.39. The van der Waals surface area contributed by atoms with Crippen molar-refractivity contribution >= 4 is 17.3 Å². The summed E-state index contributed by atoms with van der Waals surface area (Å²) >= 11 is 5.99. The van der Waals surface area contributed by atoms with Gasteiger partial charge < -0.3 is 14.8 Å². The van der Waals surface area contributed by atoms with Crippen LogP contribution in [0.15, 0.2) is 42.5 Å². The molecule has 0 aromatic heterocycles. The lowest BCUT2D eigenvalue weighted by atomic mass is 10.2. The summed E-state index contributed by atoms with van der Waals surface area (Å²) in [7, 11) is 1.58. The number of nitrogens with one attached hydrogen (secondary N) is 1. The highest BCUT2D eigenvalue weighted by molar-refractivity contribution is 6.32. The van der Waals surface area contributed by atoms with E-state index in [2.05, 4.69) is 5.32 Å². The third-order valence-electron chi connectivity index (χ3n) is 2.85. The molecular weight excluding hydrogens is 288 g/mol. The van der Waals surface area contributed by atoms with E-state index in [1.54, 1.807) is 13.2 Å². The second-order valence-electron chi connectivity index (χ2n) is 4.30. The Balaban J connectivity index is 2.01. The molecule has 1 N–H and O–H groups in total. The molecule has 0 unspecified atom stereocenters. The molecule has 0 aliphatic heterocycles. The van der Waals surface area contributed by atoms with E-state index in [4.69, 9.17) is 26.3 Å². The molecule has 21 heavy (non-hydrogen) atoms. The maximum atomic E-state index is 8.51. The SMILES string of the molecule is COc1cc(NCc2cccc(OCC#N)c2)ccc1Cl. The van der Waals surface area contributed by atoms with Crippen LogP contribution >= 0.6 is 11.6 Å². The lowest BCUT2D eigenvalue weighted by molar-refractivity contribution is 0.368. The van der Waals surface area contributed by atoms with Gasteiger partial charge in [0.2, 0.25) is 0 Å². The smallest absolute Gasteiger partial charge is 0.174 e. The Labute approximate surface area is 128 Å². The number of halogens is 1. The van der Waals surface area contributed by atoms with Crippen LogP contribution in [0.4, 0.5) is 5.69 Å². The van der Waals surface area contributed by atoms with E-state index in [0.717, 1.165) is 11.3 Å². The van der Waals surface area contributed by atoms with Crippen LogP contribution in [-0.2, 0) is 6.54 Å². The van der Waals surface area contributed by atoms with E-state index in [9.17, 15) is 0 Å². The Bertz CT molecular complexity index is 653. The van der Waals surface area contributed by atoms with Crippen molar-refractivity contribution in [2.75, 3.05) is 19.0 Å². The maximum Gasteiger partial charge on any atom is 0.174 e. The van der Waals surface area contributed by atoms with Gasteiger partial charge in [0.15, 0.2) is 6.61 Å². The molecule has 0 radical (unpaired) electrons. The standard InChI is InChI=1S/C16H15ClN2O2/c1-20-16-10-13(5-6-15(16)17)19-11-12-3-2-4-14(9-12)21-8-7-18/h2-6,9-10,19H,8,11H2,1H3. The van der Waals surface area contributed by atoms with Crippen LogP contribution in [0.5, 0.6) is 11.5 Å². The van der Waals surface area contributed by atoms with E-state index in [1.165, 1.54) is 0 Å². The molecule has 0 saturated heterocycles. The van der Waals surface area contributed by atoms with Crippen LogP contribution in [0.2, 0.25) is 5.02 Å². The minimum absolute atomic E-state index is 0.0469. The van der Waals surface area contributed by atoms with Crippen molar-refractivity contribution in [1.29, 1.82) is 5.26 Å². The Morgan fingerprint density at radius 1 is 1.24 bits per heavy atom. The zero-order valence-electron chi connectivity index (χ0n) is 11.6. The third kappa shape index (κ3) is 4.30. The number of hydrogen-bond donors (Lipinski definition) is 1. The van der Waals surface area contributed by atoms with Gasteiger partial charge >= 0.3 is 0 Å². The van der Waals surface area contributed by atoms with Crippen molar-refractivity contribution in [2.45, 2.75) is 6.54 Å². The number of methoxy groups -OCH3 is 1. The summed E-state index contributed by atoms with van der Waals surface area (Å²) in [5.41, 5.74) is 1.97. The highest BCUT2D eigenvalue weighted by Crippen LogP contribution is 2.27. The normalized spacial score (nSPS) is 9.76. The molecule has 0 atom stereocenters. The van der Waals surface area contributed by atoms with E-state index < -0.39 is 0 Å². The van der Waals surface area contributed by atoms with Crippen molar-refractivity contribution in [1.82, 2.24) is 0 Å². The summed E-state index contributed by atoms with van der Waals surface area (Å²) in [6.07, 6.45) is 0. The first kappa shape index (κ1) is 15.0. The molecule has 0 aliphatic rings. The summed E-state index contributed by atoms with van der Waals surface area (Å²) in [5.74, 6) is 1.32. The van der Waals surface area contributed by atoms with Crippen LogP contribution in [0.25, 0.3) is 0 Å². The molecule has 4 nitrogen and oxygen atoms in total. The van der Waals surface area contributed by atoms with Crippen molar-refractivity contribution in [3.63, 3.8) is 0 Å². The van der Waals surface area contributed by atoms with Gasteiger partial charge in [-0.1, -0.05) is 23.7 Å². The van der Waals surface area contributed by atoms with Crippen LogP contribution < -0.4 is 14.8 Å². The molecule has 108 valence electrons. The largest absolute Gasteiger partial charge is 0.495 e. The molecule has 0 heterocycles. The molecule has 0 spiro atoms. The predicted octanol–water partition coefficient (Wildman–Crippen LogP) is 3.86. The van der Waals surface area contributed by atoms with Gasteiger partial charge in [-0.15, -0.1) is 0 Å². The number of benzene rings is 2. The first-order chi connectivity index (χ1) is 10.2. The minimum Gasteiger partial charge on any atom is -0.495 e. The van der Waals surface area contributed by atoms with Gasteiger partial charge in [0, 0.05) is 18.3 Å². The number of nitrogens with zero attached hydrogens (tertiary/aromatic N) is 1. The molecule has 0 aliphatic carbocycles. The van der Waals surface area contributed by atoms with Crippen LogP contribution in [0.3, 0.4) is 0 Å². The van der Waals surface area contributed by atoms with Gasteiger partial charge in [-0.3, -0.25) is 0 Å². The van der Waals surface area contributed by atoms with Crippen molar-refractivity contribution in [2.24, 2.45) is 0 Å². The first-order valence-corrected chi connectivity index (χ1v) is 6.77. The fourth-order valence-corrected chi connectivity index (χ4v) is 2.03. The van der Waals surface area contributed by atoms with Gasteiger partial charge in [-0.25, -0.2) is 0 Å². The van der Waals surface area contributed by atoms with E-state index in [0.29, 0.717) is 23.1 Å². The topological polar surface area (TPSA) is 54.3 Å². The second-order valence-corrected chi connectivity index (χ2v) is 4.70. The van der Waals surface area contributed by atoms with Crippen LogP contribution in [-0.4, -0.2) is 13.7 Å². The Kier molecular flexibility index (Phi) is 5.30. The Morgan fingerprint density at radius 3 is 2.86 bits per heavy atom.